The van der Waals surface area contributed by atoms with Gasteiger partial charge in [-0.3, -0.25) is 4.79 Å². The number of aryl methyl sites for hydroxylation is 1. The van der Waals surface area contributed by atoms with E-state index in [0.29, 0.717) is 10.6 Å². The number of hydrogen-bond acceptors (Lipinski definition) is 1. The maximum atomic E-state index is 12.3. The lowest BCUT2D eigenvalue weighted by atomic mass is 10.1. The Bertz CT molecular complexity index is 658. The third kappa shape index (κ3) is 3.35. The molecule has 0 aliphatic rings. The van der Waals surface area contributed by atoms with E-state index in [4.69, 9.17) is 23.2 Å². The average Bonchev–Trinajstić information content (AvgIpc) is 2.43. The molecule has 0 fully saturated rings. The summed E-state index contributed by atoms with van der Waals surface area (Å²) in [4.78, 5) is 12.3. The maximum Gasteiger partial charge on any atom is 0.257 e. The molecule has 20 heavy (non-hydrogen) atoms. The summed E-state index contributed by atoms with van der Waals surface area (Å²) in [6.07, 6.45) is 0.818. The van der Waals surface area contributed by atoms with Crippen LogP contribution in [0.1, 0.15) is 22.8 Å². The van der Waals surface area contributed by atoms with Gasteiger partial charge in [0.25, 0.3) is 5.91 Å². The number of amides is 1. The number of hydrogen-bond donors (Lipinski definition) is 1. The Kier molecular flexibility index (Phi) is 5.08. The number of rotatable bonds is 3. The van der Waals surface area contributed by atoms with Gasteiger partial charge in [0.05, 0.1) is 15.6 Å². The summed E-state index contributed by atoms with van der Waals surface area (Å²) >= 11 is 15.4. The zero-order valence-corrected chi connectivity index (χ0v) is 13.8. The van der Waals surface area contributed by atoms with Crippen molar-refractivity contribution in [3.05, 3.63) is 62.0 Å². The van der Waals surface area contributed by atoms with Crippen molar-refractivity contribution in [3.8, 4) is 0 Å². The first-order valence-electron chi connectivity index (χ1n) is 6.06. The standard InChI is InChI=1S/C15H12BrCl2NO/c1-2-9-8-10(16)6-7-13(9)19-15(20)11-4-3-5-12(17)14(11)18/h3-8H,2H2,1H3,(H,19,20). The topological polar surface area (TPSA) is 29.1 Å². The van der Waals surface area contributed by atoms with E-state index in [1.165, 1.54) is 0 Å². The van der Waals surface area contributed by atoms with E-state index in [1.54, 1.807) is 18.2 Å². The van der Waals surface area contributed by atoms with Crippen molar-refractivity contribution in [2.24, 2.45) is 0 Å². The van der Waals surface area contributed by atoms with E-state index in [9.17, 15) is 4.79 Å². The number of anilines is 1. The first-order chi connectivity index (χ1) is 9.52. The SMILES string of the molecule is CCc1cc(Br)ccc1NC(=O)c1cccc(Cl)c1Cl. The number of halogens is 3. The molecule has 1 amide bonds. The second kappa shape index (κ2) is 6.61. The second-order valence-corrected chi connectivity index (χ2v) is 5.91. The van der Waals surface area contributed by atoms with Crippen LogP contribution in [-0.2, 0) is 6.42 Å². The molecule has 0 aromatic heterocycles. The number of benzene rings is 2. The summed E-state index contributed by atoms with van der Waals surface area (Å²) in [6, 6.07) is 10.7. The van der Waals surface area contributed by atoms with Gasteiger partial charge in [0, 0.05) is 10.2 Å². The van der Waals surface area contributed by atoms with E-state index >= 15 is 0 Å². The zero-order valence-electron chi connectivity index (χ0n) is 10.7. The lowest BCUT2D eigenvalue weighted by Gasteiger charge is -2.11. The highest BCUT2D eigenvalue weighted by atomic mass is 79.9. The Labute approximate surface area is 136 Å². The molecule has 2 nitrogen and oxygen atoms in total. The summed E-state index contributed by atoms with van der Waals surface area (Å²) < 4.78 is 0.980. The largest absolute Gasteiger partial charge is 0.322 e. The van der Waals surface area contributed by atoms with Crippen molar-refractivity contribution in [2.75, 3.05) is 5.32 Å². The smallest absolute Gasteiger partial charge is 0.257 e. The van der Waals surface area contributed by atoms with E-state index < -0.39 is 0 Å². The van der Waals surface area contributed by atoms with Gasteiger partial charge in [-0.1, -0.05) is 52.1 Å². The van der Waals surface area contributed by atoms with Gasteiger partial charge in [0.1, 0.15) is 0 Å². The fraction of sp³-hybridized carbons (Fsp3) is 0.133. The molecule has 104 valence electrons. The highest BCUT2D eigenvalue weighted by molar-refractivity contribution is 9.10. The molecule has 0 heterocycles. The van der Waals surface area contributed by atoms with E-state index in [1.807, 2.05) is 25.1 Å². The van der Waals surface area contributed by atoms with Gasteiger partial charge in [-0.05, 0) is 42.3 Å². The van der Waals surface area contributed by atoms with Gasteiger partial charge in [-0.15, -0.1) is 0 Å². The molecule has 0 saturated carbocycles. The van der Waals surface area contributed by atoms with Crippen LogP contribution in [-0.4, -0.2) is 5.91 Å². The highest BCUT2D eigenvalue weighted by Crippen LogP contribution is 2.27. The summed E-state index contributed by atoms with van der Waals surface area (Å²) in [5.41, 5.74) is 2.19. The summed E-state index contributed by atoms with van der Waals surface area (Å²) in [5, 5.41) is 3.50. The van der Waals surface area contributed by atoms with Gasteiger partial charge in [-0.25, -0.2) is 0 Å². The van der Waals surface area contributed by atoms with Crippen LogP contribution in [0.15, 0.2) is 40.9 Å². The normalized spacial score (nSPS) is 10.4. The molecule has 2 aromatic rings. The second-order valence-electron chi connectivity index (χ2n) is 4.21. The molecule has 0 aliphatic carbocycles. The van der Waals surface area contributed by atoms with Crippen LogP contribution in [0.3, 0.4) is 0 Å². The van der Waals surface area contributed by atoms with Crippen LogP contribution in [0.2, 0.25) is 10.0 Å². The summed E-state index contributed by atoms with van der Waals surface area (Å²) in [6.45, 7) is 2.03. The number of carbonyl (C=O) groups is 1. The van der Waals surface area contributed by atoms with E-state index in [2.05, 4.69) is 21.2 Å². The van der Waals surface area contributed by atoms with Crippen LogP contribution in [0, 0.1) is 0 Å². The molecule has 0 spiro atoms. The van der Waals surface area contributed by atoms with Crippen molar-refractivity contribution in [2.45, 2.75) is 13.3 Å². The van der Waals surface area contributed by atoms with Crippen molar-refractivity contribution in [3.63, 3.8) is 0 Å². The molecule has 0 unspecified atom stereocenters. The molecule has 0 atom stereocenters. The molecular formula is C15H12BrCl2NO. The van der Waals surface area contributed by atoms with Crippen molar-refractivity contribution < 1.29 is 4.79 Å². The van der Waals surface area contributed by atoms with Gasteiger partial charge in [0.2, 0.25) is 0 Å². The monoisotopic (exact) mass is 371 g/mol. The third-order valence-electron chi connectivity index (χ3n) is 2.89. The minimum atomic E-state index is -0.269. The highest BCUT2D eigenvalue weighted by Gasteiger charge is 2.14. The molecule has 0 radical (unpaired) electrons. The quantitative estimate of drug-likeness (QED) is 0.749. The predicted molar refractivity (Wildman–Crippen MR) is 87.9 cm³/mol. The molecule has 5 heteroatoms. The molecular weight excluding hydrogens is 361 g/mol. The van der Waals surface area contributed by atoms with Gasteiger partial charge in [0.15, 0.2) is 0 Å². The van der Waals surface area contributed by atoms with Gasteiger partial charge < -0.3 is 5.32 Å². The Hall–Kier alpha value is -1.03. The molecule has 0 saturated heterocycles. The van der Waals surface area contributed by atoms with Gasteiger partial charge >= 0.3 is 0 Å². The number of carbonyl (C=O) groups excluding carboxylic acids is 1. The lowest BCUT2D eigenvalue weighted by Crippen LogP contribution is -2.13. The van der Waals surface area contributed by atoms with Crippen LogP contribution in [0.25, 0.3) is 0 Å². The molecule has 0 aliphatic heterocycles. The Morgan fingerprint density at radius 2 is 2.00 bits per heavy atom. The molecule has 0 bridgehead atoms. The Balaban J connectivity index is 2.30. The number of nitrogens with one attached hydrogen (secondary N) is 1. The van der Waals surface area contributed by atoms with Gasteiger partial charge in [-0.2, -0.15) is 0 Å². The average molecular weight is 373 g/mol. The van der Waals surface area contributed by atoms with Crippen LogP contribution >= 0.6 is 39.1 Å². The zero-order chi connectivity index (χ0) is 14.7. The first-order valence-corrected chi connectivity index (χ1v) is 7.61. The summed E-state index contributed by atoms with van der Waals surface area (Å²) in [5.74, 6) is -0.269. The first kappa shape index (κ1) is 15.4. The van der Waals surface area contributed by atoms with Crippen LogP contribution in [0.4, 0.5) is 5.69 Å². The minimum absolute atomic E-state index is 0.266. The van der Waals surface area contributed by atoms with E-state index in [-0.39, 0.29) is 10.9 Å². The van der Waals surface area contributed by atoms with Crippen molar-refractivity contribution >= 4 is 50.7 Å². The fourth-order valence-electron chi connectivity index (χ4n) is 1.85. The van der Waals surface area contributed by atoms with Crippen LogP contribution in [0.5, 0.6) is 0 Å². The minimum Gasteiger partial charge on any atom is -0.322 e. The summed E-state index contributed by atoms with van der Waals surface area (Å²) in [7, 11) is 0. The fourth-order valence-corrected chi connectivity index (χ4v) is 2.64. The lowest BCUT2D eigenvalue weighted by molar-refractivity contribution is 0.102. The third-order valence-corrected chi connectivity index (χ3v) is 4.20. The van der Waals surface area contributed by atoms with Crippen molar-refractivity contribution in [1.82, 2.24) is 0 Å². The molecule has 2 aromatic carbocycles. The Morgan fingerprint density at radius 3 is 2.70 bits per heavy atom. The maximum absolute atomic E-state index is 12.3. The van der Waals surface area contributed by atoms with E-state index in [0.717, 1.165) is 22.1 Å². The molecule has 1 N–H and O–H groups in total. The Morgan fingerprint density at radius 1 is 1.25 bits per heavy atom. The van der Waals surface area contributed by atoms with Crippen LogP contribution < -0.4 is 5.32 Å². The predicted octanol–water partition coefficient (Wildman–Crippen LogP) is 5.57. The molecule has 2 rings (SSSR count). The van der Waals surface area contributed by atoms with Crippen molar-refractivity contribution in [1.29, 1.82) is 0 Å².